The molecule has 1 heterocycles. The van der Waals surface area contributed by atoms with E-state index in [-0.39, 0.29) is 10.8 Å². The Morgan fingerprint density at radius 2 is 1.74 bits per heavy atom. The Labute approximate surface area is 140 Å². The summed E-state index contributed by atoms with van der Waals surface area (Å²) in [5.41, 5.74) is 0.700. The highest BCUT2D eigenvalue weighted by atomic mass is 32.2. The van der Waals surface area contributed by atoms with Gasteiger partial charge in [0, 0.05) is 13.1 Å². The molecule has 0 saturated carbocycles. The molecule has 130 valence electrons. The van der Waals surface area contributed by atoms with E-state index >= 15 is 0 Å². The van der Waals surface area contributed by atoms with Crippen LogP contribution in [0.3, 0.4) is 0 Å². The molecule has 1 aliphatic rings. The zero-order chi connectivity index (χ0) is 17.5. The lowest BCUT2D eigenvalue weighted by molar-refractivity contribution is 0.0608. The Morgan fingerprint density at radius 3 is 2.22 bits per heavy atom. The van der Waals surface area contributed by atoms with Gasteiger partial charge in [0.2, 0.25) is 10.0 Å². The van der Waals surface area contributed by atoms with Crippen molar-refractivity contribution in [1.82, 2.24) is 4.31 Å². The van der Waals surface area contributed by atoms with E-state index in [2.05, 4.69) is 27.7 Å². The number of sulfonamides is 1. The first-order valence-electron chi connectivity index (χ1n) is 8.27. The van der Waals surface area contributed by atoms with E-state index in [1.807, 2.05) is 0 Å². The summed E-state index contributed by atoms with van der Waals surface area (Å²) in [4.78, 5) is 0.304. The van der Waals surface area contributed by atoms with Crippen molar-refractivity contribution in [2.75, 3.05) is 13.1 Å². The topological polar surface area (TPSA) is 57.6 Å². The van der Waals surface area contributed by atoms with E-state index in [9.17, 15) is 13.5 Å². The lowest BCUT2D eigenvalue weighted by Crippen LogP contribution is -2.51. The van der Waals surface area contributed by atoms with Gasteiger partial charge in [0.25, 0.3) is 0 Å². The molecule has 0 amide bonds. The van der Waals surface area contributed by atoms with Gasteiger partial charge in [0.1, 0.15) is 0 Å². The van der Waals surface area contributed by atoms with Crippen LogP contribution in [0.5, 0.6) is 0 Å². The van der Waals surface area contributed by atoms with Gasteiger partial charge in [-0.3, -0.25) is 0 Å². The van der Waals surface area contributed by atoms with Gasteiger partial charge in [-0.2, -0.15) is 4.31 Å². The summed E-state index contributed by atoms with van der Waals surface area (Å²) >= 11 is 0. The number of rotatable bonds is 4. The zero-order valence-corrected chi connectivity index (χ0v) is 15.7. The van der Waals surface area contributed by atoms with Crippen molar-refractivity contribution in [2.45, 2.75) is 58.5 Å². The predicted octanol–water partition coefficient (Wildman–Crippen LogP) is 3.58. The molecular weight excluding hydrogens is 310 g/mol. The van der Waals surface area contributed by atoms with Crippen LogP contribution < -0.4 is 0 Å². The fraction of sp³-hybridized carbons (Fsp3) is 0.667. The quantitative estimate of drug-likeness (QED) is 0.912. The van der Waals surface area contributed by atoms with Crippen LogP contribution in [0.4, 0.5) is 0 Å². The minimum absolute atomic E-state index is 0.00831. The molecule has 1 saturated heterocycles. The average Bonchev–Trinajstić information content (AvgIpc) is 2.45. The summed E-state index contributed by atoms with van der Waals surface area (Å²) in [6.07, 6.45) is 1.40. The van der Waals surface area contributed by atoms with Crippen LogP contribution in [-0.4, -0.2) is 30.9 Å². The number of piperidine rings is 1. The molecule has 0 aliphatic carbocycles. The van der Waals surface area contributed by atoms with Gasteiger partial charge < -0.3 is 5.11 Å². The molecule has 5 heteroatoms. The van der Waals surface area contributed by atoms with Crippen molar-refractivity contribution in [3.8, 4) is 0 Å². The van der Waals surface area contributed by atoms with Crippen LogP contribution in [0, 0.1) is 10.8 Å². The Balaban J connectivity index is 2.34. The number of hydrogen-bond donors (Lipinski definition) is 1. The van der Waals surface area contributed by atoms with Crippen molar-refractivity contribution < 1.29 is 13.5 Å². The van der Waals surface area contributed by atoms with Gasteiger partial charge in [-0.15, -0.1) is 0 Å². The van der Waals surface area contributed by atoms with Gasteiger partial charge in [-0.25, -0.2) is 8.42 Å². The predicted molar refractivity (Wildman–Crippen MR) is 92.6 cm³/mol. The summed E-state index contributed by atoms with van der Waals surface area (Å²) in [5, 5.41) is 9.58. The first-order chi connectivity index (χ1) is 10.5. The normalized spacial score (nSPS) is 26.9. The maximum atomic E-state index is 13.0. The number of nitrogens with zero attached hydrogens (tertiary/aromatic N) is 1. The summed E-state index contributed by atoms with van der Waals surface area (Å²) in [5.74, 6) is 0. The Hall–Kier alpha value is -0.910. The van der Waals surface area contributed by atoms with Crippen LogP contribution in [0.2, 0.25) is 0 Å². The van der Waals surface area contributed by atoms with Gasteiger partial charge in [0.15, 0.2) is 0 Å². The van der Waals surface area contributed by atoms with Crippen molar-refractivity contribution in [3.05, 3.63) is 29.8 Å². The lowest BCUT2D eigenvalue weighted by Gasteiger charge is -2.47. The summed E-state index contributed by atoms with van der Waals surface area (Å²) in [7, 11) is -3.50. The van der Waals surface area contributed by atoms with Crippen molar-refractivity contribution in [2.24, 2.45) is 10.8 Å². The van der Waals surface area contributed by atoms with Crippen LogP contribution in [0.15, 0.2) is 29.2 Å². The van der Waals surface area contributed by atoms with E-state index < -0.39 is 16.1 Å². The molecule has 1 aromatic carbocycles. The molecule has 1 fully saturated rings. The minimum Gasteiger partial charge on any atom is -0.389 e. The number of aliphatic hydroxyl groups is 1. The molecule has 23 heavy (non-hydrogen) atoms. The fourth-order valence-corrected chi connectivity index (χ4v) is 5.48. The summed E-state index contributed by atoms with van der Waals surface area (Å²) in [6, 6.07) is 6.57. The Kier molecular flexibility index (Phi) is 4.96. The van der Waals surface area contributed by atoms with Gasteiger partial charge in [0.05, 0.1) is 11.0 Å². The van der Waals surface area contributed by atoms with Gasteiger partial charge >= 0.3 is 0 Å². The monoisotopic (exact) mass is 339 g/mol. The van der Waals surface area contributed by atoms with Crippen molar-refractivity contribution >= 4 is 10.0 Å². The second-order valence-electron chi connectivity index (χ2n) is 8.02. The van der Waals surface area contributed by atoms with Crippen molar-refractivity contribution in [3.63, 3.8) is 0 Å². The third kappa shape index (κ3) is 3.95. The number of aliphatic hydroxyl groups excluding tert-OH is 1. The summed E-state index contributed by atoms with van der Waals surface area (Å²) in [6.45, 7) is 11.4. The molecule has 1 aliphatic heterocycles. The maximum absolute atomic E-state index is 13.0. The van der Waals surface area contributed by atoms with Crippen molar-refractivity contribution in [1.29, 1.82) is 0 Å². The Bertz CT molecular complexity index is 649. The molecule has 2 atom stereocenters. The first-order valence-corrected chi connectivity index (χ1v) is 9.71. The highest BCUT2D eigenvalue weighted by Gasteiger charge is 2.43. The number of hydrogen-bond acceptors (Lipinski definition) is 3. The van der Waals surface area contributed by atoms with Crippen LogP contribution >= 0.6 is 0 Å². The van der Waals surface area contributed by atoms with E-state index in [1.54, 1.807) is 35.5 Å². The van der Waals surface area contributed by atoms with Crippen LogP contribution in [-0.2, 0) is 10.0 Å². The van der Waals surface area contributed by atoms with Crippen LogP contribution in [0.1, 0.15) is 59.1 Å². The second kappa shape index (κ2) is 6.19. The lowest BCUT2D eigenvalue weighted by atomic mass is 9.69. The van der Waals surface area contributed by atoms with Gasteiger partial charge in [-0.05, 0) is 48.3 Å². The average molecular weight is 340 g/mol. The number of benzene rings is 1. The van der Waals surface area contributed by atoms with E-state index in [1.165, 1.54) is 0 Å². The SMILES string of the molecule is CCC1(C)CN(S(=O)(=O)c2ccc(C(C)O)cc2)CC(C)(C)C1. The molecule has 0 bridgehead atoms. The molecule has 1 aromatic rings. The molecule has 2 rings (SSSR count). The molecule has 2 unspecified atom stereocenters. The van der Waals surface area contributed by atoms with E-state index in [0.717, 1.165) is 18.4 Å². The molecular formula is C18H29NO3S. The molecule has 0 spiro atoms. The third-order valence-corrected chi connectivity index (χ3v) is 6.73. The first kappa shape index (κ1) is 18.4. The fourth-order valence-electron chi connectivity index (χ4n) is 3.70. The zero-order valence-electron chi connectivity index (χ0n) is 14.8. The highest BCUT2D eigenvalue weighted by molar-refractivity contribution is 7.89. The second-order valence-corrected chi connectivity index (χ2v) is 9.96. The molecule has 0 radical (unpaired) electrons. The largest absolute Gasteiger partial charge is 0.389 e. The van der Waals surface area contributed by atoms with E-state index in [4.69, 9.17) is 0 Å². The van der Waals surface area contributed by atoms with E-state index in [0.29, 0.717) is 18.0 Å². The molecule has 1 N–H and O–H groups in total. The smallest absolute Gasteiger partial charge is 0.243 e. The molecule has 0 aromatic heterocycles. The Morgan fingerprint density at radius 1 is 1.17 bits per heavy atom. The summed E-state index contributed by atoms with van der Waals surface area (Å²) < 4.78 is 27.7. The maximum Gasteiger partial charge on any atom is 0.243 e. The molecule has 4 nitrogen and oxygen atoms in total. The standard InChI is InChI=1S/C18H29NO3S/c1-6-18(5)11-17(3,4)12-19(13-18)23(21,22)16-9-7-15(8-10-16)14(2)20/h7-10,14,20H,6,11-13H2,1-5H3. The minimum atomic E-state index is -3.50. The van der Waals surface area contributed by atoms with Crippen LogP contribution in [0.25, 0.3) is 0 Å². The van der Waals surface area contributed by atoms with Gasteiger partial charge in [-0.1, -0.05) is 39.8 Å². The highest BCUT2D eigenvalue weighted by Crippen LogP contribution is 2.43. The third-order valence-electron chi connectivity index (χ3n) is 4.92.